The van der Waals surface area contributed by atoms with E-state index in [1.807, 2.05) is 0 Å². The number of rotatable bonds is 9. The molecule has 2 fully saturated rings. The Morgan fingerprint density at radius 3 is 2.33 bits per heavy atom. The molecule has 1 heterocycles. The Morgan fingerprint density at radius 1 is 1.14 bits per heavy atom. The molecular weight excluding hydrogens is 262 g/mol. The maximum atomic E-state index is 9.59. The first kappa shape index (κ1) is 17.2. The van der Waals surface area contributed by atoms with Gasteiger partial charge in [0.2, 0.25) is 0 Å². The predicted octanol–water partition coefficient (Wildman–Crippen LogP) is 1.69. The molecule has 0 aromatic heterocycles. The monoisotopic (exact) mass is 297 g/mol. The van der Waals surface area contributed by atoms with Crippen LogP contribution in [0.1, 0.15) is 52.9 Å². The summed E-state index contributed by atoms with van der Waals surface area (Å²) >= 11 is 0. The van der Waals surface area contributed by atoms with Crippen LogP contribution in [0.3, 0.4) is 0 Å². The molecule has 1 aliphatic carbocycles. The first-order valence-corrected chi connectivity index (χ1v) is 8.87. The van der Waals surface area contributed by atoms with Crippen LogP contribution in [0.15, 0.2) is 0 Å². The van der Waals surface area contributed by atoms with Gasteiger partial charge in [0.15, 0.2) is 0 Å². The summed E-state index contributed by atoms with van der Waals surface area (Å²) in [7, 11) is 0. The number of hydrogen-bond acceptors (Lipinski definition) is 4. The van der Waals surface area contributed by atoms with Crippen molar-refractivity contribution in [3.63, 3.8) is 0 Å². The van der Waals surface area contributed by atoms with E-state index in [0.717, 1.165) is 12.5 Å². The van der Waals surface area contributed by atoms with E-state index in [0.29, 0.717) is 6.04 Å². The molecule has 0 radical (unpaired) electrons. The molecule has 0 aromatic rings. The SMILES string of the molecule is CC(C)NC(C)(CO)CCCCN1CCN(C2CC2)CC1. The highest BCUT2D eigenvalue weighted by Crippen LogP contribution is 2.27. The lowest BCUT2D eigenvalue weighted by Gasteiger charge is -2.35. The number of nitrogens with one attached hydrogen (secondary N) is 1. The largest absolute Gasteiger partial charge is 0.394 e. The Bertz CT molecular complexity index is 298. The van der Waals surface area contributed by atoms with Gasteiger partial charge in [-0.05, 0) is 39.2 Å². The van der Waals surface area contributed by atoms with Crippen molar-refractivity contribution in [1.29, 1.82) is 0 Å². The van der Waals surface area contributed by atoms with Crippen molar-refractivity contribution < 1.29 is 5.11 Å². The van der Waals surface area contributed by atoms with Gasteiger partial charge in [-0.2, -0.15) is 0 Å². The van der Waals surface area contributed by atoms with Crippen molar-refractivity contribution in [3.8, 4) is 0 Å². The van der Waals surface area contributed by atoms with E-state index in [9.17, 15) is 5.11 Å². The first-order valence-electron chi connectivity index (χ1n) is 8.87. The summed E-state index contributed by atoms with van der Waals surface area (Å²) in [6, 6.07) is 1.36. The lowest BCUT2D eigenvalue weighted by atomic mass is 9.94. The van der Waals surface area contributed by atoms with Gasteiger partial charge in [0.05, 0.1) is 6.61 Å². The second-order valence-corrected chi connectivity index (χ2v) is 7.58. The molecule has 1 aliphatic heterocycles. The van der Waals surface area contributed by atoms with Gasteiger partial charge in [0.1, 0.15) is 0 Å². The van der Waals surface area contributed by atoms with E-state index < -0.39 is 0 Å². The van der Waals surface area contributed by atoms with Crippen LogP contribution in [0.4, 0.5) is 0 Å². The molecule has 1 unspecified atom stereocenters. The minimum Gasteiger partial charge on any atom is -0.394 e. The maximum Gasteiger partial charge on any atom is 0.0610 e. The molecule has 2 rings (SSSR count). The van der Waals surface area contributed by atoms with Gasteiger partial charge >= 0.3 is 0 Å². The number of hydrogen-bond donors (Lipinski definition) is 2. The number of aliphatic hydroxyl groups is 1. The van der Waals surface area contributed by atoms with Crippen LogP contribution < -0.4 is 5.32 Å². The van der Waals surface area contributed by atoms with Crippen LogP contribution in [0.25, 0.3) is 0 Å². The smallest absolute Gasteiger partial charge is 0.0610 e. The van der Waals surface area contributed by atoms with Crippen molar-refractivity contribution in [1.82, 2.24) is 15.1 Å². The Morgan fingerprint density at radius 2 is 1.81 bits per heavy atom. The fraction of sp³-hybridized carbons (Fsp3) is 1.00. The molecule has 1 atom stereocenters. The molecule has 0 spiro atoms. The van der Waals surface area contributed by atoms with E-state index in [-0.39, 0.29) is 12.1 Å². The topological polar surface area (TPSA) is 38.7 Å². The van der Waals surface area contributed by atoms with E-state index in [2.05, 4.69) is 35.9 Å². The molecule has 4 heteroatoms. The summed E-state index contributed by atoms with van der Waals surface area (Å²) in [4.78, 5) is 5.29. The maximum absolute atomic E-state index is 9.59. The normalized spacial score (nSPS) is 24.4. The summed E-state index contributed by atoms with van der Waals surface area (Å²) < 4.78 is 0. The zero-order valence-electron chi connectivity index (χ0n) is 14.3. The number of nitrogens with zero attached hydrogens (tertiary/aromatic N) is 2. The lowest BCUT2D eigenvalue weighted by molar-refractivity contribution is 0.121. The molecule has 124 valence electrons. The van der Waals surface area contributed by atoms with E-state index in [4.69, 9.17) is 0 Å². The highest BCUT2D eigenvalue weighted by molar-refractivity contribution is 4.88. The summed E-state index contributed by atoms with van der Waals surface area (Å²) in [5.41, 5.74) is -0.112. The third-order valence-corrected chi connectivity index (χ3v) is 4.91. The van der Waals surface area contributed by atoms with E-state index >= 15 is 0 Å². The lowest BCUT2D eigenvalue weighted by Crippen LogP contribution is -2.49. The quantitative estimate of drug-likeness (QED) is 0.635. The number of piperazine rings is 1. The van der Waals surface area contributed by atoms with Crippen LogP contribution in [0.5, 0.6) is 0 Å². The molecule has 2 aliphatic rings. The first-order chi connectivity index (χ1) is 10.0. The molecule has 0 bridgehead atoms. The molecule has 2 N–H and O–H groups in total. The van der Waals surface area contributed by atoms with Crippen LogP contribution in [0, 0.1) is 0 Å². The van der Waals surface area contributed by atoms with Crippen LogP contribution in [-0.4, -0.2) is 71.9 Å². The summed E-state index contributed by atoms with van der Waals surface area (Å²) in [6.07, 6.45) is 6.37. The fourth-order valence-electron chi connectivity index (χ4n) is 3.54. The van der Waals surface area contributed by atoms with Crippen molar-refractivity contribution in [3.05, 3.63) is 0 Å². The molecule has 0 aromatic carbocycles. The van der Waals surface area contributed by atoms with Crippen LogP contribution >= 0.6 is 0 Å². The van der Waals surface area contributed by atoms with Crippen LogP contribution in [-0.2, 0) is 0 Å². The van der Waals surface area contributed by atoms with Gasteiger partial charge in [-0.15, -0.1) is 0 Å². The van der Waals surface area contributed by atoms with Crippen molar-refractivity contribution >= 4 is 0 Å². The third-order valence-electron chi connectivity index (χ3n) is 4.91. The fourth-order valence-corrected chi connectivity index (χ4v) is 3.54. The average Bonchev–Trinajstić information content (AvgIpc) is 3.28. The van der Waals surface area contributed by atoms with Gasteiger partial charge < -0.3 is 15.3 Å². The predicted molar refractivity (Wildman–Crippen MR) is 88.6 cm³/mol. The average molecular weight is 297 g/mol. The van der Waals surface area contributed by atoms with Gasteiger partial charge in [0.25, 0.3) is 0 Å². The number of unbranched alkanes of at least 4 members (excludes halogenated alkanes) is 1. The summed E-state index contributed by atoms with van der Waals surface area (Å²) in [5.74, 6) is 0. The summed E-state index contributed by atoms with van der Waals surface area (Å²) in [6.45, 7) is 12.9. The molecule has 1 saturated heterocycles. The molecule has 4 nitrogen and oxygen atoms in total. The molecular formula is C17H35N3O. The van der Waals surface area contributed by atoms with Crippen LogP contribution in [0.2, 0.25) is 0 Å². The second-order valence-electron chi connectivity index (χ2n) is 7.58. The minimum absolute atomic E-state index is 0.112. The molecule has 21 heavy (non-hydrogen) atoms. The molecule has 0 amide bonds. The Labute approximate surface area is 130 Å². The second kappa shape index (κ2) is 7.91. The zero-order chi connectivity index (χ0) is 15.3. The molecule has 1 saturated carbocycles. The third kappa shape index (κ3) is 5.85. The van der Waals surface area contributed by atoms with E-state index in [1.165, 1.54) is 58.4 Å². The van der Waals surface area contributed by atoms with Gasteiger partial charge in [-0.3, -0.25) is 4.90 Å². The zero-order valence-corrected chi connectivity index (χ0v) is 14.3. The highest BCUT2D eigenvalue weighted by Gasteiger charge is 2.31. The van der Waals surface area contributed by atoms with Crippen molar-refractivity contribution in [2.75, 3.05) is 39.3 Å². The van der Waals surface area contributed by atoms with Crippen molar-refractivity contribution in [2.45, 2.75) is 70.5 Å². The Kier molecular flexibility index (Phi) is 6.48. The Balaban J connectivity index is 1.56. The van der Waals surface area contributed by atoms with Gasteiger partial charge in [-0.1, -0.05) is 20.3 Å². The van der Waals surface area contributed by atoms with Gasteiger partial charge in [-0.25, -0.2) is 0 Å². The summed E-state index contributed by atoms with van der Waals surface area (Å²) in [5, 5.41) is 13.1. The highest BCUT2D eigenvalue weighted by atomic mass is 16.3. The van der Waals surface area contributed by atoms with E-state index in [1.54, 1.807) is 0 Å². The number of aliphatic hydroxyl groups excluding tert-OH is 1. The van der Waals surface area contributed by atoms with Crippen molar-refractivity contribution in [2.24, 2.45) is 0 Å². The van der Waals surface area contributed by atoms with Gasteiger partial charge in [0, 0.05) is 43.8 Å². The Hall–Kier alpha value is -0.160. The standard InChI is InChI=1S/C17H35N3O/c1-15(2)18-17(3,14-21)8-4-5-9-19-10-12-20(13-11-19)16-6-7-16/h15-16,18,21H,4-14H2,1-3H3. The minimum atomic E-state index is -0.112.